The second-order valence-electron chi connectivity index (χ2n) is 6.58. The smallest absolute Gasteiger partial charge is 0.411 e. The molecule has 0 atom stereocenters. The van der Waals surface area contributed by atoms with Gasteiger partial charge in [0.15, 0.2) is 0 Å². The van der Waals surface area contributed by atoms with Gasteiger partial charge in [0, 0.05) is 16.8 Å². The number of nitrogens with one attached hydrogen (secondary N) is 1. The van der Waals surface area contributed by atoms with Gasteiger partial charge in [-0.1, -0.05) is 89.2 Å². The van der Waals surface area contributed by atoms with E-state index in [1.54, 1.807) is 18.2 Å². The maximum absolute atomic E-state index is 11.6. The number of anilines is 1. The monoisotopic (exact) mass is 366 g/mol. The molecule has 1 radical (unpaired) electrons. The van der Waals surface area contributed by atoms with Crippen LogP contribution in [0.25, 0.3) is 0 Å². The van der Waals surface area contributed by atoms with Crippen LogP contribution in [0.3, 0.4) is 0 Å². The van der Waals surface area contributed by atoms with Crippen LogP contribution in [-0.2, 0) is 4.74 Å². The maximum atomic E-state index is 11.6. The highest BCUT2D eigenvalue weighted by molar-refractivity contribution is 6.30. The Bertz CT molecular complexity index is 448. The van der Waals surface area contributed by atoms with Crippen LogP contribution in [0.5, 0.6) is 0 Å². The van der Waals surface area contributed by atoms with Crippen LogP contribution in [-0.4, -0.2) is 12.7 Å². The molecule has 0 aliphatic carbocycles. The number of benzene rings is 1. The summed E-state index contributed by atoms with van der Waals surface area (Å²) in [6.45, 7) is 2.73. The van der Waals surface area contributed by atoms with Gasteiger partial charge in [0.1, 0.15) is 0 Å². The number of ether oxygens (including phenoxy) is 1. The number of halogens is 1. The first kappa shape index (κ1) is 21.8. The summed E-state index contributed by atoms with van der Waals surface area (Å²) in [6.07, 6.45) is 15.2. The molecule has 0 aromatic heterocycles. The van der Waals surface area contributed by atoms with E-state index in [4.69, 9.17) is 16.3 Å². The van der Waals surface area contributed by atoms with Crippen molar-refractivity contribution in [2.75, 3.05) is 11.9 Å². The summed E-state index contributed by atoms with van der Waals surface area (Å²) in [6, 6.07) is 7.86. The molecule has 0 heterocycles. The summed E-state index contributed by atoms with van der Waals surface area (Å²) in [7, 11) is 0. The van der Waals surface area contributed by atoms with Gasteiger partial charge >= 0.3 is 6.09 Å². The Balaban J connectivity index is 1.85. The van der Waals surface area contributed by atoms with Crippen molar-refractivity contribution < 1.29 is 9.53 Å². The minimum Gasteiger partial charge on any atom is -0.449 e. The average molecular weight is 367 g/mol. The van der Waals surface area contributed by atoms with E-state index in [0.29, 0.717) is 17.3 Å². The normalized spacial score (nSPS) is 10.6. The van der Waals surface area contributed by atoms with Crippen molar-refractivity contribution in [3.63, 3.8) is 0 Å². The lowest BCUT2D eigenvalue weighted by atomic mass is 10.1. The number of carbonyl (C=O) groups is 1. The molecule has 141 valence electrons. The SMILES string of the molecule is CCCCCCCCCCCCCCOC(=O)Nc1c[c]c(Cl)cc1. The van der Waals surface area contributed by atoms with Gasteiger partial charge in [-0.05, 0) is 24.6 Å². The molecule has 0 spiro atoms. The van der Waals surface area contributed by atoms with Crippen molar-refractivity contribution in [1.82, 2.24) is 0 Å². The van der Waals surface area contributed by atoms with Gasteiger partial charge in [-0.2, -0.15) is 0 Å². The van der Waals surface area contributed by atoms with E-state index >= 15 is 0 Å². The highest BCUT2D eigenvalue weighted by atomic mass is 35.5. The molecule has 0 fully saturated rings. The first-order chi connectivity index (χ1) is 12.2. The molecular weight excluding hydrogens is 334 g/mol. The van der Waals surface area contributed by atoms with E-state index in [-0.39, 0.29) is 0 Å². The third-order valence-electron chi connectivity index (χ3n) is 4.25. The Kier molecular flexibility index (Phi) is 13.2. The van der Waals surface area contributed by atoms with Crippen LogP contribution in [0.2, 0.25) is 5.02 Å². The van der Waals surface area contributed by atoms with E-state index in [1.165, 1.54) is 64.2 Å². The fourth-order valence-electron chi connectivity index (χ4n) is 2.75. The van der Waals surface area contributed by atoms with Crippen LogP contribution in [0.15, 0.2) is 18.2 Å². The Morgan fingerprint density at radius 3 is 2.04 bits per heavy atom. The van der Waals surface area contributed by atoms with Crippen LogP contribution in [0.4, 0.5) is 10.5 Å². The fourth-order valence-corrected chi connectivity index (χ4v) is 2.86. The molecule has 0 saturated carbocycles. The molecule has 0 unspecified atom stereocenters. The number of hydrogen-bond donors (Lipinski definition) is 1. The maximum Gasteiger partial charge on any atom is 0.411 e. The summed E-state index contributed by atoms with van der Waals surface area (Å²) in [5.74, 6) is 0. The zero-order valence-electron chi connectivity index (χ0n) is 15.6. The lowest BCUT2D eigenvalue weighted by molar-refractivity contribution is 0.159. The number of hydrogen-bond acceptors (Lipinski definition) is 2. The number of rotatable bonds is 14. The Hall–Kier alpha value is -1.22. The van der Waals surface area contributed by atoms with E-state index in [1.807, 2.05) is 0 Å². The van der Waals surface area contributed by atoms with Crippen LogP contribution in [0, 0.1) is 6.07 Å². The summed E-state index contributed by atoms with van der Waals surface area (Å²) in [5.41, 5.74) is 0.643. The van der Waals surface area contributed by atoms with Gasteiger partial charge < -0.3 is 4.74 Å². The van der Waals surface area contributed by atoms with E-state index in [9.17, 15) is 4.79 Å². The minimum absolute atomic E-state index is 0.418. The zero-order chi connectivity index (χ0) is 18.2. The van der Waals surface area contributed by atoms with Gasteiger partial charge in [0.05, 0.1) is 6.61 Å². The van der Waals surface area contributed by atoms with Gasteiger partial charge in [-0.15, -0.1) is 0 Å². The summed E-state index contributed by atoms with van der Waals surface area (Å²) < 4.78 is 5.17. The van der Waals surface area contributed by atoms with Crippen molar-refractivity contribution in [2.45, 2.75) is 84.0 Å². The average Bonchev–Trinajstić information content (AvgIpc) is 2.61. The van der Waals surface area contributed by atoms with E-state index < -0.39 is 6.09 Å². The van der Waals surface area contributed by atoms with Gasteiger partial charge in [0.2, 0.25) is 0 Å². The predicted molar refractivity (Wildman–Crippen MR) is 106 cm³/mol. The Labute approximate surface area is 158 Å². The van der Waals surface area contributed by atoms with Crippen molar-refractivity contribution >= 4 is 23.4 Å². The summed E-state index contributed by atoms with van der Waals surface area (Å²) in [4.78, 5) is 11.6. The number of amides is 1. The lowest BCUT2D eigenvalue weighted by Crippen LogP contribution is -2.14. The summed E-state index contributed by atoms with van der Waals surface area (Å²) >= 11 is 5.75. The summed E-state index contributed by atoms with van der Waals surface area (Å²) in [5, 5.41) is 3.18. The molecule has 0 bridgehead atoms. The molecule has 0 saturated heterocycles. The minimum atomic E-state index is -0.418. The first-order valence-corrected chi connectivity index (χ1v) is 10.2. The van der Waals surface area contributed by atoms with E-state index in [2.05, 4.69) is 18.3 Å². The molecule has 1 aromatic rings. The van der Waals surface area contributed by atoms with Crippen molar-refractivity contribution in [2.24, 2.45) is 0 Å². The molecule has 1 amide bonds. The molecule has 3 nitrogen and oxygen atoms in total. The third kappa shape index (κ3) is 12.7. The Morgan fingerprint density at radius 1 is 0.960 bits per heavy atom. The predicted octanol–water partition coefficient (Wildman–Crippen LogP) is 7.39. The third-order valence-corrected chi connectivity index (χ3v) is 4.49. The Morgan fingerprint density at radius 2 is 1.52 bits per heavy atom. The second-order valence-corrected chi connectivity index (χ2v) is 6.98. The first-order valence-electron chi connectivity index (χ1n) is 9.83. The quantitative estimate of drug-likeness (QED) is 0.348. The topological polar surface area (TPSA) is 38.3 Å². The van der Waals surface area contributed by atoms with Crippen molar-refractivity contribution in [3.8, 4) is 0 Å². The molecule has 1 aromatic carbocycles. The molecule has 4 heteroatoms. The van der Waals surface area contributed by atoms with Crippen LogP contribution < -0.4 is 5.32 Å². The number of unbranched alkanes of at least 4 members (excludes halogenated alkanes) is 11. The van der Waals surface area contributed by atoms with Crippen molar-refractivity contribution in [3.05, 3.63) is 29.3 Å². The van der Waals surface area contributed by atoms with E-state index in [0.717, 1.165) is 12.8 Å². The largest absolute Gasteiger partial charge is 0.449 e. The lowest BCUT2D eigenvalue weighted by Gasteiger charge is -2.07. The molecular formula is C21H33ClNO2. The highest BCUT2D eigenvalue weighted by Gasteiger charge is 2.02. The number of carbonyl (C=O) groups excluding carboxylic acids is 1. The molecule has 1 rings (SSSR count). The second kappa shape index (κ2) is 15.1. The van der Waals surface area contributed by atoms with Gasteiger partial charge in [0.25, 0.3) is 0 Å². The fraction of sp³-hybridized carbons (Fsp3) is 0.667. The molecule has 0 aliphatic heterocycles. The van der Waals surface area contributed by atoms with Gasteiger partial charge in [-0.25, -0.2) is 4.79 Å². The van der Waals surface area contributed by atoms with Crippen molar-refractivity contribution in [1.29, 1.82) is 0 Å². The van der Waals surface area contributed by atoms with Gasteiger partial charge in [-0.3, -0.25) is 5.32 Å². The molecule has 0 aliphatic rings. The standard InChI is InChI=1S/C21H33ClNO2/c1-2-3-4-5-6-7-8-9-10-11-12-13-18-25-21(24)23-20-16-14-19(22)15-17-20/h14,16-17H,2-13,18H2,1H3,(H,23,24). The van der Waals surface area contributed by atoms with Crippen LogP contribution in [0.1, 0.15) is 84.0 Å². The molecule has 25 heavy (non-hydrogen) atoms. The molecule has 1 N–H and O–H groups in total. The highest BCUT2D eigenvalue weighted by Crippen LogP contribution is 2.13. The van der Waals surface area contributed by atoms with Crippen LogP contribution >= 0.6 is 11.6 Å². The zero-order valence-corrected chi connectivity index (χ0v) is 16.4.